The molecule has 0 aromatic heterocycles. The summed E-state index contributed by atoms with van der Waals surface area (Å²) in [5, 5.41) is 0. The molecule has 1 aromatic carbocycles. The maximum Gasteiger partial charge on any atom is 0.0410 e. The van der Waals surface area contributed by atoms with Crippen LogP contribution in [0.4, 0.5) is 0 Å². The van der Waals surface area contributed by atoms with Crippen molar-refractivity contribution in [3.63, 3.8) is 0 Å². The van der Waals surface area contributed by atoms with Gasteiger partial charge in [0.15, 0.2) is 0 Å². The van der Waals surface area contributed by atoms with Gasteiger partial charge < -0.3 is 4.90 Å². The van der Waals surface area contributed by atoms with Crippen LogP contribution in [0.5, 0.6) is 0 Å². The molecule has 0 amide bonds. The quantitative estimate of drug-likeness (QED) is 0.831. The summed E-state index contributed by atoms with van der Waals surface area (Å²) in [6, 6.07) is 5.50. The van der Waals surface area contributed by atoms with Crippen molar-refractivity contribution in [2.45, 2.75) is 59.0 Å². The van der Waals surface area contributed by atoms with E-state index in [-0.39, 0.29) is 5.54 Å². The first-order valence-electron chi connectivity index (χ1n) is 10.0. The van der Waals surface area contributed by atoms with Gasteiger partial charge in [0.2, 0.25) is 0 Å². The highest BCUT2D eigenvalue weighted by molar-refractivity contribution is 5.41. The highest BCUT2D eigenvalue weighted by atomic mass is 15.3. The molecule has 140 valence electrons. The lowest BCUT2D eigenvalue weighted by atomic mass is 9.84. The molecular weight excluding hydrogens is 306 g/mol. The minimum Gasteiger partial charge on any atom is -0.306 e. The fourth-order valence-corrected chi connectivity index (χ4v) is 5.31. The molecule has 0 radical (unpaired) electrons. The van der Waals surface area contributed by atoms with Crippen molar-refractivity contribution in [3.8, 4) is 0 Å². The minimum atomic E-state index is 0.112. The van der Waals surface area contributed by atoms with Crippen molar-refractivity contribution in [2.24, 2.45) is 0 Å². The zero-order valence-electron chi connectivity index (χ0n) is 17.2. The number of hydrogen-bond acceptors (Lipinski definition) is 3. The second-order valence-electron chi connectivity index (χ2n) is 8.89. The van der Waals surface area contributed by atoms with Crippen LogP contribution in [0.15, 0.2) is 12.1 Å². The van der Waals surface area contributed by atoms with Gasteiger partial charge in [0.25, 0.3) is 0 Å². The van der Waals surface area contributed by atoms with Gasteiger partial charge in [0.05, 0.1) is 0 Å². The predicted molar refractivity (Wildman–Crippen MR) is 107 cm³/mol. The SMILES string of the molecule is Cc1cc(C)c(C(C)(C)N2CCN(C3CCN(C)CC3)CC2)c(C)c1. The van der Waals surface area contributed by atoms with Gasteiger partial charge in [-0.15, -0.1) is 0 Å². The third kappa shape index (κ3) is 3.94. The molecule has 0 spiro atoms. The summed E-state index contributed by atoms with van der Waals surface area (Å²) >= 11 is 0. The summed E-state index contributed by atoms with van der Waals surface area (Å²) in [5.41, 5.74) is 5.91. The molecule has 0 atom stereocenters. The van der Waals surface area contributed by atoms with Crippen LogP contribution in [0.1, 0.15) is 48.9 Å². The van der Waals surface area contributed by atoms with E-state index in [1.807, 2.05) is 0 Å². The van der Waals surface area contributed by atoms with Crippen LogP contribution in [-0.2, 0) is 5.54 Å². The molecule has 2 aliphatic heterocycles. The summed E-state index contributed by atoms with van der Waals surface area (Å²) in [6.45, 7) is 19.0. The zero-order chi connectivity index (χ0) is 18.2. The Morgan fingerprint density at radius 1 is 0.840 bits per heavy atom. The lowest BCUT2D eigenvalue weighted by Crippen LogP contribution is -2.57. The number of nitrogens with zero attached hydrogens (tertiary/aromatic N) is 3. The molecule has 3 rings (SSSR count). The van der Waals surface area contributed by atoms with E-state index in [0.717, 1.165) is 6.04 Å². The lowest BCUT2D eigenvalue weighted by molar-refractivity contribution is 0.0180. The molecule has 0 N–H and O–H groups in total. The van der Waals surface area contributed by atoms with Gasteiger partial charge in [-0.3, -0.25) is 9.80 Å². The van der Waals surface area contributed by atoms with Crippen molar-refractivity contribution in [3.05, 3.63) is 34.4 Å². The summed E-state index contributed by atoms with van der Waals surface area (Å²) in [5.74, 6) is 0. The molecule has 2 saturated heterocycles. The Balaban J connectivity index is 1.67. The van der Waals surface area contributed by atoms with E-state index >= 15 is 0 Å². The second-order valence-corrected chi connectivity index (χ2v) is 8.89. The molecule has 0 aliphatic carbocycles. The van der Waals surface area contributed by atoms with Crippen molar-refractivity contribution in [2.75, 3.05) is 46.3 Å². The van der Waals surface area contributed by atoms with E-state index in [0.29, 0.717) is 0 Å². The Morgan fingerprint density at radius 3 is 1.88 bits per heavy atom. The van der Waals surface area contributed by atoms with E-state index in [1.165, 1.54) is 74.4 Å². The molecule has 1 aromatic rings. The van der Waals surface area contributed by atoms with Crippen molar-refractivity contribution in [1.29, 1.82) is 0 Å². The number of piperazine rings is 1. The fourth-order valence-electron chi connectivity index (χ4n) is 5.31. The van der Waals surface area contributed by atoms with Gasteiger partial charge in [-0.2, -0.15) is 0 Å². The molecule has 2 fully saturated rings. The molecule has 2 aliphatic rings. The van der Waals surface area contributed by atoms with Crippen LogP contribution >= 0.6 is 0 Å². The van der Waals surface area contributed by atoms with Crippen LogP contribution < -0.4 is 0 Å². The van der Waals surface area contributed by atoms with Crippen LogP contribution in [0, 0.1) is 20.8 Å². The summed E-state index contributed by atoms with van der Waals surface area (Å²) in [4.78, 5) is 7.94. The second kappa shape index (κ2) is 7.38. The van der Waals surface area contributed by atoms with Gasteiger partial charge in [-0.1, -0.05) is 17.7 Å². The lowest BCUT2D eigenvalue weighted by Gasteiger charge is -2.48. The standard InChI is InChI=1S/C22H37N3/c1-17-15-18(2)21(19(3)16-17)22(4,5)25-13-11-24(12-14-25)20-7-9-23(6)10-8-20/h15-16,20H,7-14H2,1-6H3. The van der Waals surface area contributed by atoms with Gasteiger partial charge in [-0.05, 0) is 84.3 Å². The average Bonchev–Trinajstić information content (AvgIpc) is 2.54. The molecule has 3 nitrogen and oxygen atoms in total. The Labute approximate surface area is 155 Å². The zero-order valence-corrected chi connectivity index (χ0v) is 17.2. The van der Waals surface area contributed by atoms with Gasteiger partial charge in [-0.25, -0.2) is 0 Å². The maximum atomic E-state index is 2.76. The monoisotopic (exact) mass is 343 g/mol. The van der Waals surface area contributed by atoms with Gasteiger partial charge >= 0.3 is 0 Å². The van der Waals surface area contributed by atoms with Crippen molar-refractivity contribution < 1.29 is 0 Å². The first-order chi connectivity index (χ1) is 11.8. The van der Waals surface area contributed by atoms with E-state index < -0.39 is 0 Å². The number of aryl methyl sites for hydroxylation is 3. The van der Waals surface area contributed by atoms with Gasteiger partial charge in [0, 0.05) is 37.8 Å². The molecule has 0 bridgehead atoms. The van der Waals surface area contributed by atoms with Crippen LogP contribution in [-0.4, -0.2) is 67.1 Å². The molecule has 25 heavy (non-hydrogen) atoms. The first kappa shape index (κ1) is 18.9. The van der Waals surface area contributed by atoms with Crippen molar-refractivity contribution in [1.82, 2.24) is 14.7 Å². The Kier molecular flexibility index (Phi) is 5.57. The normalized spacial score (nSPS) is 22.5. The third-order valence-electron chi connectivity index (χ3n) is 6.60. The first-order valence-corrected chi connectivity index (χ1v) is 10.0. The molecule has 0 saturated carbocycles. The van der Waals surface area contributed by atoms with E-state index in [4.69, 9.17) is 0 Å². The smallest absolute Gasteiger partial charge is 0.0410 e. The molecule has 0 unspecified atom stereocenters. The third-order valence-corrected chi connectivity index (χ3v) is 6.60. The highest BCUT2D eigenvalue weighted by Crippen LogP contribution is 2.34. The van der Waals surface area contributed by atoms with Crippen molar-refractivity contribution >= 4 is 0 Å². The topological polar surface area (TPSA) is 9.72 Å². The minimum absolute atomic E-state index is 0.112. The van der Waals surface area contributed by atoms with Crippen LogP contribution in [0.2, 0.25) is 0 Å². The summed E-state index contributed by atoms with van der Waals surface area (Å²) in [6.07, 6.45) is 2.69. The fraction of sp³-hybridized carbons (Fsp3) is 0.727. The molecule has 3 heteroatoms. The number of likely N-dealkylation sites (tertiary alicyclic amines) is 1. The highest BCUT2D eigenvalue weighted by Gasteiger charge is 2.35. The molecular formula is C22H37N3. The number of piperidine rings is 1. The number of hydrogen-bond donors (Lipinski definition) is 0. The van der Waals surface area contributed by atoms with Crippen LogP contribution in [0.25, 0.3) is 0 Å². The van der Waals surface area contributed by atoms with E-state index in [9.17, 15) is 0 Å². The predicted octanol–water partition coefficient (Wildman–Crippen LogP) is 3.56. The number of benzene rings is 1. The maximum absolute atomic E-state index is 2.76. The Morgan fingerprint density at radius 2 is 1.36 bits per heavy atom. The molecule has 2 heterocycles. The van der Waals surface area contributed by atoms with Gasteiger partial charge in [0.1, 0.15) is 0 Å². The van der Waals surface area contributed by atoms with E-state index in [1.54, 1.807) is 0 Å². The number of rotatable bonds is 3. The van der Waals surface area contributed by atoms with Crippen LogP contribution in [0.3, 0.4) is 0 Å². The Hall–Kier alpha value is -0.900. The van der Waals surface area contributed by atoms with E-state index in [2.05, 4.69) is 68.5 Å². The largest absolute Gasteiger partial charge is 0.306 e. The Bertz CT molecular complexity index is 568. The average molecular weight is 344 g/mol. The summed E-state index contributed by atoms with van der Waals surface area (Å²) in [7, 11) is 2.25. The summed E-state index contributed by atoms with van der Waals surface area (Å²) < 4.78 is 0.